The van der Waals surface area contributed by atoms with Gasteiger partial charge in [-0.25, -0.2) is 0 Å². The molecule has 0 atom stereocenters. The SMILES string of the molecule is CCCCC(=O)/C=C/C(=O)C(C)C. The van der Waals surface area contributed by atoms with Gasteiger partial charge in [0.25, 0.3) is 0 Å². The molecular weight excluding hydrogens is 164 g/mol. The predicted octanol–water partition coefficient (Wildman–Crippen LogP) is 2.53. The van der Waals surface area contributed by atoms with Crippen molar-refractivity contribution in [2.24, 2.45) is 5.92 Å². The van der Waals surface area contributed by atoms with Gasteiger partial charge >= 0.3 is 0 Å². The zero-order valence-electron chi connectivity index (χ0n) is 8.67. The Morgan fingerprint density at radius 2 is 1.85 bits per heavy atom. The zero-order chi connectivity index (χ0) is 10.3. The number of hydrogen-bond donors (Lipinski definition) is 0. The zero-order valence-corrected chi connectivity index (χ0v) is 8.67. The van der Waals surface area contributed by atoms with E-state index >= 15 is 0 Å². The normalized spacial score (nSPS) is 11.1. The minimum Gasteiger partial charge on any atom is -0.295 e. The predicted molar refractivity (Wildman–Crippen MR) is 53.5 cm³/mol. The van der Waals surface area contributed by atoms with Crippen LogP contribution >= 0.6 is 0 Å². The van der Waals surface area contributed by atoms with E-state index in [-0.39, 0.29) is 17.5 Å². The highest BCUT2D eigenvalue weighted by atomic mass is 16.1. The second kappa shape index (κ2) is 6.58. The van der Waals surface area contributed by atoms with E-state index < -0.39 is 0 Å². The van der Waals surface area contributed by atoms with E-state index in [1.54, 1.807) is 0 Å². The number of allylic oxidation sites excluding steroid dienone is 2. The molecule has 0 spiro atoms. The monoisotopic (exact) mass is 182 g/mol. The van der Waals surface area contributed by atoms with Crippen LogP contribution in [0.25, 0.3) is 0 Å². The van der Waals surface area contributed by atoms with Gasteiger partial charge in [0.05, 0.1) is 0 Å². The lowest BCUT2D eigenvalue weighted by Gasteiger charge is -1.96. The molecule has 0 unspecified atom stereocenters. The molecule has 0 rings (SSSR count). The lowest BCUT2D eigenvalue weighted by atomic mass is 10.1. The number of rotatable bonds is 6. The molecular formula is C11H18O2. The average Bonchev–Trinajstić information content (AvgIpc) is 2.10. The Bertz CT molecular complexity index is 202. The first-order chi connectivity index (χ1) is 6.07. The molecule has 2 nitrogen and oxygen atoms in total. The summed E-state index contributed by atoms with van der Waals surface area (Å²) in [6.45, 7) is 5.68. The van der Waals surface area contributed by atoms with E-state index in [1.165, 1.54) is 12.2 Å². The Labute approximate surface area is 80.0 Å². The fourth-order valence-electron chi connectivity index (χ4n) is 0.802. The summed E-state index contributed by atoms with van der Waals surface area (Å²) in [5.74, 6) is 0.0518. The second-order valence-corrected chi connectivity index (χ2v) is 3.46. The second-order valence-electron chi connectivity index (χ2n) is 3.46. The first kappa shape index (κ1) is 12.1. The van der Waals surface area contributed by atoms with Crippen LogP contribution in [0.1, 0.15) is 40.0 Å². The molecule has 0 aliphatic rings. The van der Waals surface area contributed by atoms with Crippen LogP contribution in [-0.2, 0) is 9.59 Å². The smallest absolute Gasteiger partial charge is 0.158 e. The Morgan fingerprint density at radius 3 is 2.31 bits per heavy atom. The van der Waals surface area contributed by atoms with Gasteiger partial charge in [0.15, 0.2) is 11.6 Å². The van der Waals surface area contributed by atoms with Crippen LogP contribution in [0.4, 0.5) is 0 Å². The molecule has 74 valence electrons. The van der Waals surface area contributed by atoms with Crippen LogP contribution in [0.2, 0.25) is 0 Å². The quantitative estimate of drug-likeness (QED) is 0.591. The summed E-state index contributed by atoms with van der Waals surface area (Å²) in [5.41, 5.74) is 0. The van der Waals surface area contributed by atoms with Gasteiger partial charge in [-0.15, -0.1) is 0 Å². The van der Waals surface area contributed by atoms with Crippen molar-refractivity contribution in [2.45, 2.75) is 40.0 Å². The van der Waals surface area contributed by atoms with Crippen LogP contribution in [0.3, 0.4) is 0 Å². The Balaban J connectivity index is 3.83. The standard InChI is InChI=1S/C11H18O2/c1-4-5-6-10(12)7-8-11(13)9(2)3/h7-9H,4-6H2,1-3H3/b8-7+. The fourth-order valence-corrected chi connectivity index (χ4v) is 0.802. The maximum Gasteiger partial charge on any atom is 0.158 e. The molecule has 0 bridgehead atoms. The van der Waals surface area contributed by atoms with Gasteiger partial charge in [-0.3, -0.25) is 9.59 Å². The van der Waals surface area contributed by atoms with Gasteiger partial charge < -0.3 is 0 Å². The van der Waals surface area contributed by atoms with Crippen molar-refractivity contribution in [3.05, 3.63) is 12.2 Å². The van der Waals surface area contributed by atoms with Crippen LogP contribution < -0.4 is 0 Å². The Hall–Kier alpha value is -0.920. The maximum atomic E-state index is 11.1. The van der Waals surface area contributed by atoms with Gasteiger partial charge in [-0.2, -0.15) is 0 Å². The molecule has 0 aromatic rings. The van der Waals surface area contributed by atoms with Crippen molar-refractivity contribution in [3.63, 3.8) is 0 Å². The topological polar surface area (TPSA) is 34.1 Å². The van der Waals surface area contributed by atoms with Gasteiger partial charge in [0.1, 0.15) is 0 Å². The van der Waals surface area contributed by atoms with Crippen LogP contribution in [-0.4, -0.2) is 11.6 Å². The molecule has 0 N–H and O–H groups in total. The van der Waals surface area contributed by atoms with E-state index in [4.69, 9.17) is 0 Å². The van der Waals surface area contributed by atoms with Crippen LogP contribution in [0.5, 0.6) is 0 Å². The molecule has 0 saturated carbocycles. The Kier molecular flexibility index (Phi) is 6.11. The van der Waals surface area contributed by atoms with E-state index in [0.717, 1.165) is 12.8 Å². The summed E-state index contributed by atoms with van der Waals surface area (Å²) in [4.78, 5) is 22.2. The van der Waals surface area contributed by atoms with Crippen molar-refractivity contribution < 1.29 is 9.59 Å². The summed E-state index contributed by atoms with van der Waals surface area (Å²) in [6.07, 6.45) is 5.26. The summed E-state index contributed by atoms with van der Waals surface area (Å²) in [6, 6.07) is 0. The summed E-state index contributed by atoms with van der Waals surface area (Å²) in [5, 5.41) is 0. The molecule has 0 saturated heterocycles. The highest BCUT2D eigenvalue weighted by molar-refractivity contribution is 5.99. The third kappa shape index (κ3) is 6.26. The van der Waals surface area contributed by atoms with Crippen molar-refractivity contribution >= 4 is 11.6 Å². The molecule has 0 aromatic carbocycles. The van der Waals surface area contributed by atoms with Crippen molar-refractivity contribution in [2.75, 3.05) is 0 Å². The fraction of sp³-hybridized carbons (Fsp3) is 0.636. The summed E-state index contributed by atoms with van der Waals surface area (Å²) in [7, 11) is 0. The van der Waals surface area contributed by atoms with Crippen LogP contribution in [0, 0.1) is 5.92 Å². The number of ketones is 2. The molecule has 13 heavy (non-hydrogen) atoms. The van der Waals surface area contributed by atoms with Gasteiger partial charge in [-0.05, 0) is 18.6 Å². The Morgan fingerprint density at radius 1 is 1.23 bits per heavy atom. The van der Waals surface area contributed by atoms with E-state index in [9.17, 15) is 9.59 Å². The van der Waals surface area contributed by atoms with Gasteiger partial charge in [0, 0.05) is 12.3 Å². The van der Waals surface area contributed by atoms with Crippen molar-refractivity contribution in [1.82, 2.24) is 0 Å². The third-order valence-electron chi connectivity index (χ3n) is 1.78. The highest BCUT2D eigenvalue weighted by Gasteiger charge is 2.02. The molecule has 0 aromatic heterocycles. The molecule has 2 heteroatoms. The van der Waals surface area contributed by atoms with Crippen molar-refractivity contribution in [1.29, 1.82) is 0 Å². The molecule has 0 radical (unpaired) electrons. The number of unbranched alkanes of at least 4 members (excludes halogenated alkanes) is 1. The highest BCUT2D eigenvalue weighted by Crippen LogP contribution is 1.99. The minimum absolute atomic E-state index is 0.0183. The average molecular weight is 182 g/mol. The molecule has 0 aliphatic carbocycles. The van der Waals surface area contributed by atoms with Crippen LogP contribution in [0.15, 0.2) is 12.2 Å². The maximum absolute atomic E-state index is 11.1. The first-order valence-electron chi connectivity index (χ1n) is 4.82. The third-order valence-corrected chi connectivity index (χ3v) is 1.78. The summed E-state index contributed by atoms with van der Waals surface area (Å²) < 4.78 is 0. The van der Waals surface area contributed by atoms with E-state index in [2.05, 4.69) is 0 Å². The molecule has 0 amide bonds. The lowest BCUT2D eigenvalue weighted by Crippen LogP contribution is -2.03. The minimum atomic E-state index is -0.0183. The number of carbonyl (C=O) groups is 2. The van der Waals surface area contributed by atoms with Crippen molar-refractivity contribution in [3.8, 4) is 0 Å². The van der Waals surface area contributed by atoms with E-state index in [0.29, 0.717) is 6.42 Å². The van der Waals surface area contributed by atoms with E-state index in [1.807, 2.05) is 20.8 Å². The van der Waals surface area contributed by atoms with Gasteiger partial charge in [-0.1, -0.05) is 27.2 Å². The number of carbonyl (C=O) groups excluding carboxylic acids is 2. The first-order valence-corrected chi connectivity index (χ1v) is 4.82. The molecule has 0 aliphatic heterocycles. The number of hydrogen-bond acceptors (Lipinski definition) is 2. The molecule has 0 heterocycles. The largest absolute Gasteiger partial charge is 0.295 e. The lowest BCUT2D eigenvalue weighted by molar-refractivity contribution is -0.118. The summed E-state index contributed by atoms with van der Waals surface area (Å²) >= 11 is 0. The molecule has 0 fully saturated rings. The van der Waals surface area contributed by atoms with Gasteiger partial charge in [0.2, 0.25) is 0 Å².